The number of nitrogens with one attached hydrogen (secondary N) is 1. The smallest absolute Gasteiger partial charge is 0.241 e. The SMILES string of the molecule is CCC(C)C(N)C(=O)Nc1ccnc2ccncc12. The van der Waals surface area contributed by atoms with Gasteiger partial charge in [0.15, 0.2) is 0 Å². The summed E-state index contributed by atoms with van der Waals surface area (Å²) in [5, 5.41) is 3.67. The van der Waals surface area contributed by atoms with Crippen LogP contribution >= 0.6 is 0 Å². The second-order valence-corrected chi connectivity index (χ2v) is 4.65. The van der Waals surface area contributed by atoms with Crippen LogP contribution in [0.1, 0.15) is 20.3 Å². The van der Waals surface area contributed by atoms with Crippen molar-refractivity contribution < 1.29 is 4.79 Å². The van der Waals surface area contributed by atoms with Crippen molar-refractivity contribution in [1.29, 1.82) is 0 Å². The third-order valence-corrected chi connectivity index (χ3v) is 3.36. The van der Waals surface area contributed by atoms with Crippen molar-refractivity contribution in [1.82, 2.24) is 9.97 Å². The van der Waals surface area contributed by atoms with E-state index in [1.165, 1.54) is 0 Å². The first-order chi connectivity index (χ1) is 9.13. The van der Waals surface area contributed by atoms with Crippen LogP contribution in [0.15, 0.2) is 30.7 Å². The first-order valence-electron chi connectivity index (χ1n) is 6.38. The average molecular weight is 258 g/mol. The van der Waals surface area contributed by atoms with Crippen LogP contribution in [0, 0.1) is 5.92 Å². The van der Waals surface area contributed by atoms with E-state index in [1.54, 1.807) is 30.7 Å². The Bertz CT molecular complexity index is 579. The summed E-state index contributed by atoms with van der Waals surface area (Å²) < 4.78 is 0. The van der Waals surface area contributed by atoms with E-state index in [2.05, 4.69) is 15.3 Å². The zero-order valence-corrected chi connectivity index (χ0v) is 11.1. The molecule has 0 bridgehead atoms. The van der Waals surface area contributed by atoms with Gasteiger partial charge >= 0.3 is 0 Å². The van der Waals surface area contributed by atoms with E-state index >= 15 is 0 Å². The highest BCUT2D eigenvalue weighted by Gasteiger charge is 2.20. The fraction of sp³-hybridized carbons (Fsp3) is 0.357. The fourth-order valence-corrected chi connectivity index (χ4v) is 1.83. The number of amides is 1. The van der Waals surface area contributed by atoms with E-state index < -0.39 is 6.04 Å². The fourth-order valence-electron chi connectivity index (χ4n) is 1.83. The van der Waals surface area contributed by atoms with E-state index in [-0.39, 0.29) is 11.8 Å². The molecule has 0 fully saturated rings. The van der Waals surface area contributed by atoms with Crippen LogP contribution in [-0.4, -0.2) is 21.9 Å². The van der Waals surface area contributed by atoms with Crippen LogP contribution in [0.25, 0.3) is 10.9 Å². The molecule has 2 atom stereocenters. The molecule has 5 heteroatoms. The van der Waals surface area contributed by atoms with Crippen molar-refractivity contribution in [3.63, 3.8) is 0 Å². The van der Waals surface area contributed by atoms with Gasteiger partial charge in [0.1, 0.15) is 0 Å². The highest BCUT2D eigenvalue weighted by Crippen LogP contribution is 2.20. The topological polar surface area (TPSA) is 80.9 Å². The molecule has 0 saturated heterocycles. The zero-order valence-electron chi connectivity index (χ0n) is 11.1. The Hall–Kier alpha value is -2.01. The van der Waals surface area contributed by atoms with Gasteiger partial charge in [-0.05, 0) is 18.1 Å². The molecule has 19 heavy (non-hydrogen) atoms. The van der Waals surface area contributed by atoms with E-state index in [9.17, 15) is 4.79 Å². The Morgan fingerprint density at radius 1 is 1.42 bits per heavy atom. The van der Waals surface area contributed by atoms with Gasteiger partial charge in [-0.15, -0.1) is 0 Å². The number of nitrogens with two attached hydrogens (primary N) is 1. The molecule has 0 radical (unpaired) electrons. The monoisotopic (exact) mass is 258 g/mol. The molecule has 0 aliphatic carbocycles. The second-order valence-electron chi connectivity index (χ2n) is 4.65. The number of nitrogens with zero attached hydrogens (tertiary/aromatic N) is 2. The van der Waals surface area contributed by atoms with Gasteiger partial charge < -0.3 is 11.1 Å². The lowest BCUT2D eigenvalue weighted by Gasteiger charge is -2.18. The van der Waals surface area contributed by atoms with Crippen molar-refractivity contribution in [2.45, 2.75) is 26.3 Å². The first-order valence-corrected chi connectivity index (χ1v) is 6.38. The molecule has 0 aliphatic heterocycles. The standard InChI is InChI=1S/C14H18N4O/c1-3-9(2)13(15)14(19)18-12-5-7-17-11-4-6-16-8-10(11)12/h4-9,13H,3,15H2,1-2H3,(H,17,18,19). The molecule has 0 aromatic carbocycles. The lowest BCUT2D eigenvalue weighted by Crippen LogP contribution is -2.40. The molecule has 0 saturated carbocycles. The van der Waals surface area contributed by atoms with Gasteiger partial charge in [-0.1, -0.05) is 20.3 Å². The number of anilines is 1. The maximum absolute atomic E-state index is 12.1. The van der Waals surface area contributed by atoms with Gasteiger partial charge in [-0.3, -0.25) is 14.8 Å². The van der Waals surface area contributed by atoms with Crippen LogP contribution < -0.4 is 11.1 Å². The van der Waals surface area contributed by atoms with E-state index in [0.717, 1.165) is 17.3 Å². The Morgan fingerprint density at radius 2 is 2.21 bits per heavy atom. The Labute approximate surface area is 112 Å². The summed E-state index contributed by atoms with van der Waals surface area (Å²) >= 11 is 0. The Kier molecular flexibility index (Phi) is 4.06. The summed E-state index contributed by atoms with van der Waals surface area (Å²) in [5.41, 5.74) is 7.41. The van der Waals surface area contributed by atoms with Crippen LogP contribution in [0.4, 0.5) is 5.69 Å². The number of rotatable bonds is 4. The third kappa shape index (κ3) is 2.88. The molecule has 100 valence electrons. The van der Waals surface area contributed by atoms with Crippen LogP contribution in [0.2, 0.25) is 0 Å². The van der Waals surface area contributed by atoms with Crippen molar-refractivity contribution in [2.24, 2.45) is 11.7 Å². The lowest BCUT2D eigenvalue weighted by atomic mass is 9.99. The van der Waals surface area contributed by atoms with Crippen LogP contribution in [0.5, 0.6) is 0 Å². The van der Waals surface area contributed by atoms with Gasteiger partial charge in [-0.25, -0.2) is 0 Å². The van der Waals surface area contributed by atoms with Gasteiger partial charge in [0.05, 0.1) is 17.2 Å². The zero-order chi connectivity index (χ0) is 13.8. The number of carbonyl (C=O) groups is 1. The molecular formula is C14H18N4O. The predicted molar refractivity (Wildman–Crippen MR) is 75.6 cm³/mol. The largest absolute Gasteiger partial charge is 0.324 e. The average Bonchev–Trinajstić information content (AvgIpc) is 2.46. The minimum absolute atomic E-state index is 0.145. The molecule has 2 unspecified atom stereocenters. The van der Waals surface area contributed by atoms with E-state index in [1.807, 2.05) is 13.8 Å². The molecule has 0 aliphatic rings. The van der Waals surface area contributed by atoms with Gasteiger partial charge in [0, 0.05) is 24.0 Å². The maximum Gasteiger partial charge on any atom is 0.241 e. The molecule has 5 nitrogen and oxygen atoms in total. The minimum atomic E-state index is -0.509. The summed E-state index contributed by atoms with van der Waals surface area (Å²) in [6.45, 7) is 3.99. The van der Waals surface area contributed by atoms with Crippen LogP contribution in [0.3, 0.4) is 0 Å². The van der Waals surface area contributed by atoms with Gasteiger partial charge in [0.25, 0.3) is 0 Å². The molecule has 1 amide bonds. The highest BCUT2D eigenvalue weighted by atomic mass is 16.2. The number of carbonyl (C=O) groups excluding carboxylic acids is 1. The van der Waals surface area contributed by atoms with Crippen molar-refractivity contribution in [2.75, 3.05) is 5.32 Å². The number of hydrogen-bond acceptors (Lipinski definition) is 4. The number of pyridine rings is 2. The summed E-state index contributed by atoms with van der Waals surface area (Å²) in [5.74, 6) is -0.0306. The Balaban J connectivity index is 2.24. The molecule has 2 rings (SSSR count). The third-order valence-electron chi connectivity index (χ3n) is 3.36. The highest BCUT2D eigenvalue weighted by molar-refractivity contribution is 6.02. The molecule has 2 heterocycles. The van der Waals surface area contributed by atoms with E-state index in [0.29, 0.717) is 5.69 Å². The second kappa shape index (κ2) is 5.75. The normalized spacial score (nSPS) is 14.1. The quantitative estimate of drug-likeness (QED) is 0.878. The summed E-state index contributed by atoms with van der Waals surface area (Å²) in [6.07, 6.45) is 5.89. The van der Waals surface area contributed by atoms with Crippen molar-refractivity contribution in [3.8, 4) is 0 Å². The molecule has 3 N–H and O–H groups in total. The molecule has 0 spiro atoms. The van der Waals surface area contributed by atoms with Crippen molar-refractivity contribution in [3.05, 3.63) is 30.7 Å². The molecule has 2 aromatic heterocycles. The van der Waals surface area contributed by atoms with Gasteiger partial charge in [-0.2, -0.15) is 0 Å². The minimum Gasteiger partial charge on any atom is -0.324 e. The lowest BCUT2D eigenvalue weighted by molar-refractivity contribution is -0.118. The summed E-state index contributed by atoms with van der Waals surface area (Å²) in [7, 11) is 0. The van der Waals surface area contributed by atoms with Gasteiger partial charge in [0.2, 0.25) is 5.91 Å². The maximum atomic E-state index is 12.1. The van der Waals surface area contributed by atoms with Crippen molar-refractivity contribution >= 4 is 22.5 Å². The molecule has 2 aromatic rings. The predicted octanol–water partition coefficient (Wildman–Crippen LogP) is 1.94. The van der Waals surface area contributed by atoms with Crippen LogP contribution in [-0.2, 0) is 4.79 Å². The number of aromatic nitrogens is 2. The number of fused-ring (bicyclic) bond motifs is 1. The number of hydrogen-bond donors (Lipinski definition) is 2. The molecular weight excluding hydrogens is 240 g/mol. The first kappa shape index (κ1) is 13.4. The summed E-state index contributed by atoms with van der Waals surface area (Å²) in [4.78, 5) is 20.4. The summed E-state index contributed by atoms with van der Waals surface area (Å²) in [6, 6.07) is 3.05. The van der Waals surface area contributed by atoms with E-state index in [4.69, 9.17) is 5.73 Å². The Morgan fingerprint density at radius 3 is 2.95 bits per heavy atom.